The van der Waals surface area contributed by atoms with Crippen molar-refractivity contribution in [1.29, 1.82) is 0 Å². The van der Waals surface area contributed by atoms with Crippen LogP contribution in [0.25, 0.3) is 0 Å². The van der Waals surface area contributed by atoms with Gasteiger partial charge in [0.05, 0.1) is 0 Å². The molecule has 0 aliphatic rings. The third-order valence-electron chi connectivity index (χ3n) is 3.46. The normalized spacial score (nSPS) is 11.6. The molecule has 0 fully saturated rings. The van der Waals surface area contributed by atoms with Gasteiger partial charge < -0.3 is 8.94 Å². The van der Waals surface area contributed by atoms with E-state index in [-0.39, 0.29) is 23.7 Å². The van der Waals surface area contributed by atoms with E-state index < -0.39 is 0 Å². The molecule has 9 heteroatoms. The Morgan fingerprint density at radius 1 is 0.800 bits per heavy atom. The summed E-state index contributed by atoms with van der Waals surface area (Å²) in [5.41, 5.74) is 0.0407. The molecule has 0 bridgehead atoms. The van der Waals surface area contributed by atoms with E-state index in [4.69, 9.17) is 8.94 Å². The van der Waals surface area contributed by atoms with E-state index in [0.717, 1.165) is 5.82 Å². The molecule has 0 radical (unpaired) electrons. The largest absolute Gasteiger partial charge is 0.425 e. The maximum Gasteiger partial charge on any atom is 0.232 e. The molecule has 0 unspecified atom stereocenters. The molecule has 0 saturated carbocycles. The molecule has 0 aliphatic heterocycles. The van der Waals surface area contributed by atoms with Crippen molar-refractivity contribution in [2.45, 2.75) is 99.8 Å². The number of nitrogens with zero attached hydrogens (tertiary/aromatic N) is 6. The van der Waals surface area contributed by atoms with Crippen molar-refractivity contribution in [1.82, 2.24) is 35.5 Å². The SMILES string of the molecule is C.CC(C)(C)c1ncn[nH]1.Cc1nnc(C(C)(C)C)o1.Cc1noc(C(C)(C)C)n1. The fraction of sp³-hybridized carbons (Fsp3) is 0.714. The van der Waals surface area contributed by atoms with Crippen LogP contribution in [0.3, 0.4) is 0 Å². The number of rotatable bonds is 0. The lowest BCUT2D eigenvalue weighted by atomic mass is 9.96. The summed E-state index contributed by atoms with van der Waals surface area (Å²) >= 11 is 0. The van der Waals surface area contributed by atoms with Crippen molar-refractivity contribution in [2.75, 3.05) is 0 Å². The van der Waals surface area contributed by atoms with Gasteiger partial charge in [0.1, 0.15) is 12.2 Å². The van der Waals surface area contributed by atoms with Gasteiger partial charge in [-0.05, 0) is 6.92 Å². The summed E-state index contributed by atoms with van der Waals surface area (Å²) in [4.78, 5) is 8.12. The zero-order valence-corrected chi connectivity index (χ0v) is 19.6. The van der Waals surface area contributed by atoms with Gasteiger partial charge >= 0.3 is 0 Å². The van der Waals surface area contributed by atoms with E-state index in [2.05, 4.69) is 56.3 Å². The van der Waals surface area contributed by atoms with Crippen molar-refractivity contribution < 1.29 is 8.94 Å². The quantitative estimate of drug-likeness (QED) is 0.533. The maximum atomic E-state index is 5.23. The molecule has 0 atom stereocenters. The van der Waals surface area contributed by atoms with Gasteiger partial charge in [0.15, 0.2) is 5.82 Å². The molecular weight excluding hydrogens is 382 g/mol. The van der Waals surface area contributed by atoms with Gasteiger partial charge in [-0.15, -0.1) is 10.2 Å². The van der Waals surface area contributed by atoms with E-state index in [1.807, 2.05) is 48.5 Å². The summed E-state index contributed by atoms with van der Waals surface area (Å²) in [6.07, 6.45) is 1.53. The molecule has 30 heavy (non-hydrogen) atoms. The molecular formula is C21H39N7O2. The second-order valence-corrected chi connectivity index (χ2v) is 9.86. The number of hydrogen-bond donors (Lipinski definition) is 1. The molecule has 9 nitrogen and oxygen atoms in total. The molecule has 0 aliphatic carbocycles. The Hall–Kier alpha value is -2.58. The van der Waals surface area contributed by atoms with Crippen molar-refractivity contribution in [3.63, 3.8) is 0 Å². The molecule has 3 aromatic heterocycles. The number of nitrogens with one attached hydrogen (secondary N) is 1. The highest BCUT2D eigenvalue weighted by Gasteiger charge is 2.21. The van der Waals surface area contributed by atoms with Gasteiger partial charge in [-0.2, -0.15) is 10.1 Å². The van der Waals surface area contributed by atoms with Crippen molar-refractivity contribution >= 4 is 0 Å². The Morgan fingerprint density at radius 2 is 1.37 bits per heavy atom. The lowest BCUT2D eigenvalue weighted by Crippen LogP contribution is -2.13. The summed E-state index contributed by atoms with van der Waals surface area (Å²) in [5.74, 6) is 3.66. The Kier molecular flexibility index (Phi) is 9.55. The number of hydrogen-bond acceptors (Lipinski definition) is 8. The predicted octanol–water partition coefficient (Wildman–Crippen LogP) is 5.09. The molecule has 3 rings (SSSR count). The number of aromatic amines is 1. The standard InChI is InChI=1S/2C7H12N2O.C6H11N3.CH4/c1-5-8-9-6(10-5)7(2,3)4;1-5-8-6(10-9-5)7(2,3)4;1-6(2,3)5-7-4-8-9-5;/h2*1-4H3;4H,1-3H3,(H,7,8,9);1H4. The minimum absolute atomic E-state index is 0. The number of H-pyrrole nitrogens is 1. The van der Waals surface area contributed by atoms with Crippen LogP contribution in [0.1, 0.15) is 99.1 Å². The van der Waals surface area contributed by atoms with E-state index in [1.165, 1.54) is 6.33 Å². The minimum atomic E-state index is -0.0265. The highest BCUT2D eigenvalue weighted by atomic mass is 16.5. The number of aryl methyl sites for hydroxylation is 2. The van der Waals surface area contributed by atoms with Crippen LogP contribution >= 0.6 is 0 Å². The van der Waals surface area contributed by atoms with E-state index >= 15 is 0 Å². The zero-order chi connectivity index (χ0) is 22.5. The second kappa shape index (κ2) is 10.4. The zero-order valence-electron chi connectivity index (χ0n) is 19.6. The minimum Gasteiger partial charge on any atom is -0.425 e. The average Bonchev–Trinajstić information content (AvgIpc) is 3.26. The second-order valence-electron chi connectivity index (χ2n) is 9.86. The third kappa shape index (κ3) is 9.28. The van der Waals surface area contributed by atoms with Gasteiger partial charge in [0.25, 0.3) is 0 Å². The van der Waals surface area contributed by atoms with Crippen molar-refractivity contribution in [3.05, 3.63) is 35.6 Å². The van der Waals surface area contributed by atoms with E-state index in [1.54, 1.807) is 6.92 Å². The maximum absolute atomic E-state index is 5.23. The average molecular weight is 422 g/mol. The molecule has 1 N–H and O–H groups in total. The van der Waals surface area contributed by atoms with Crippen LogP contribution in [0.4, 0.5) is 0 Å². The van der Waals surface area contributed by atoms with Crippen LogP contribution in [0.2, 0.25) is 0 Å². The van der Waals surface area contributed by atoms with E-state index in [0.29, 0.717) is 23.5 Å². The van der Waals surface area contributed by atoms with Crippen LogP contribution in [-0.2, 0) is 16.2 Å². The van der Waals surface area contributed by atoms with Gasteiger partial charge in [-0.25, -0.2) is 4.98 Å². The monoisotopic (exact) mass is 421 g/mol. The summed E-state index contributed by atoms with van der Waals surface area (Å²) in [5, 5.41) is 17.9. The Bertz CT molecular complexity index is 795. The highest BCUT2D eigenvalue weighted by Crippen LogP contribution is 2.20. The fourth-order valence-electron chi connectivity index (χ4n) is 1.77. The predicted molar refractivity (Wildman–Crippen MR) is 117 cm³/mol. The molecule has 170 valence electrons. The molecule has 0 aromatic carbocycles. The van der Waals surface area contributed by atoms with Crippen molar-refractivity contribution in [2.24, 2.45) is 0 Å². The first-order valence-corrected chi connectivity index (χ1v) is 9.58. The Balaban J connectivity index is 0.000000414. The Morgan fingerprint density at radius 3 is 1.57 bits per heavy atom. The summed E-state index contributed by atoms with van der Waals surface area (Å²) in [7, 11) is 0. The lowest BCUT2D eigenvalue weighted by molar-refractivity contribution is 0.319. The molecule has 0 spiro atoms. The smallest absolute Gasteiger partial charge is 0.232 e. The Labute approximate surface area is 180 Å². The molecule has 3 heterocycles. The van der Waals surface area contributed by atoms with E-state index in [9.17, 15) is 0 Å². The van der Waals surface area contributed by atoms with Crippen LogP contribution < -0.4 is 0 Å². The summed E-state index contributed by atoms with van der Waals surface area (Å²) in [6.45, 7) is 22.1. The fourth-order valence-corrected chi connectivity index (χ4v) is 1.77. The van der Waals surface area contributed by atoms with Gasteiger partial charge in [-0.3, -0.25) is 5.10 Å². The molecule has 3 aromatic rings. The number of aromatic nitrogens is 7. The van der Waals surface area contributed by atoms with Gasteiger partial charge in [-0.1, -0.05) is 74.9 Å². The summed E-state index contributed by atoms with van der Waals surface area (Å²) < 4.78 is 10.2. The van der Waals surface area contributed by atoms with Crippen LogP contribution in [0.15, 0.2) is 15.3 Å². The van der Waals surface area contributed by atoms with Crippen LogP contribution in [0.5, 0.6) is 0 Å². The molecule has 0 saturated heterocycles. The van der Waals surface area contributed by atoms with Gasteiger partial charge in [0, 0.05) is 23.2 Å². The highest BCUT2D eigenvalue weighted by molar-refractivity contribution is 4.98. The van der Waals surface area contributed by atoms with Gasteiger partial charge in [0.2, 0.25) is 17.7 Å². The first kappa shape index (κ1) is 27.4. The lowest BCUT2D eigenvalue weighted by Gasteiger charge is -2.12. The van der Waals surface area contributed by atoms with Crippen LogP contribution in [0, 0.1) is 13.8 Å². The molecule has 0 amide bonds. The topological polar surface area (TPSA) is 119 Å². The first-order chi connectivity index (χ1) is 13.1. The summed E-state index contributed by atoms with van der Waals surface area (Å²) in [6, 6.07) is 0. The third-order valence-corrected chi connectivity index (χ3v) is 3.46. The van der Waals surface area contributed by atoms with Crippen LogP contribution in [-0.4, -0.2) is 35.5 Å². The first-order valence-electron chi connectivity index (χ1n) is 9.58. The van der Waals surface area contributed by atoms with Crippen molar-refractivity contribution in [3.8, 4) is 0 Å².